The van der Waals surface area contributed by atoms with Crippen LogP contribution in [-0.2, 0) is 14.4 Å². The van der Waals surface area contributed by atoms with Gasteiger partial charge in [0.2, 0.25) is 0 Å². The molecule has 0 spiro atoms. The largest absolute Gasteiger partial charge is 0.510 e. The number of phenolic OH excluding ortho intramolecular Hbond substituents is 1. The molecule has 3 aliphatic carbocycles. The van der Waals surface area contributed by atoms with Crippen molar-refractivity contribution >= 4 is 28.8 Å². The molecule has 1 amide bonds. The number of hydrogen-bond acceptors (Lipinski definition) is 9. The van der Waals surface area contributed by atoms with Gasteiger partial charge in [-0.25, -0.2) is 0 Å². The third-order valence-electron chi connectivity index (χ3n) is 7.54. The van der Waals surface area contributed by atoms with E-state index in [0.29, 0.717) is 16.8 Å². The molecule has 6 N–H and O–H groups in total. The molecule has 190 valence electrons. The maximum atomic E-state index is 13.9. The van der Waals surface area contributed by atoms with Crippen molar-refractivity contribution in [1.82, 2.24) is 9.88 Å². The van der Waals surface area contributed by atoms with Crippen LogP contribution >= 0.6 is 0 Å². The van der Waals surface area contributed by atoms with Crippen LogP contribution in [-0.4, -0.2) is 74.0 Å². The van der Waals surface area contributed by atoms with E-state index in [2.05, 4.69) is 11.6 Å². The van der Waals surface area contributed by atoms with Crippen LogP contribution in [0.25, 0.3) is 22.6 Å². The topological polar surface area (TPSA) is 174 Å². The first kappa shape index (κ1) is 24.4. The van der Waals surface area contributed by atoms with E-state index in [1.165, 1.54) is 11.1 Å². The summed E-state index contributed by atoms with van der Waals surface area (Å²) in [4.78, 5) is 44.9. The number of Topliss-reactive ketones (excluding diaryl/α,β-unsaturated/α-hetero) is 2. The van der Waals surface area contributed by atoms with Gasteiger partial charge in [0.25, 0.3) is 5.91 Å². The number of aromatic hydroxyl groups is 1. The number of pyridine rings is 1. The van der Waals surface area contributed by atoms with Crippen LogP contribution in [0.5, 0.6) is 5.75 Å². The number of ketones is 2. The van der Waals surface area contributed by atoms with Gasteiger partial charge in [0.1, 0.15) is 22.8 Å². The minimum atomic E-state index is -1.59. The van der Waals surface area contributed by atoms with Gasteiger partial charge in [0.15, 0.2) is 11.6 Å². The predicted octanol–water partition coefficient (Wildman–Crippen LogP) is 1.35. The van der Waals surface area contributed by atoms with E-state index < -0.39 is 64.5 Å². The SMILES string of the molecule is C=C1c2ccc(-c3ccccn3)c(O)c2C(O)=C2C(=O)C3C(=O)C(C(N)=O)=C(O)[C@@H](N(C)C)[C@@H]3[C@@H](O)[C@H]12. The maximum absolute atomic E-state index is 13.9. The first-order valence-corrected chi connectivity index (χ1v) is 11.5. The fraction of sp³-hybridized carbons (Fsp3) is 0.259. The molecule has 3 aliphatic rings. The second-order valence-corrected chi connectivity index (χ2v) is 9.67. The van der Waals surface area contributed by atoms with Gasteiger partial charge in [-0.15, -0.1) is 0 Å². The highest BCUT2D eigenvalue weighted by molar-refractivity contribution is 6.29. The maximum Gasteiger partial charge on any atom is 0.255 e. The van der Waals surface area contributed by atoms with Gasteiger partial charge in [0.05, 0.1) is 29.3 Å². The van der Waals surface area contributed by atoms with Crippen LogP contribution < -0.4 is 5.73 Å². The van der Waals surface area contributed by atoms with Crippen molar-refractivity contribution < 1.29 is 34.8 Å². The predicted molar refractivity (Wildman–Crippen MR) is 133 cm³/mol. The molecule has 2 aromatic rings. The normalized spacial score (nSPS) is 27.2. The molecule has 5 atom stereocenters. The van der Waals surface area contributed by atoms with Gasteiger partial charge >= 0.3 is 0 Å². The molecule has 0 aliphatic heterocycles. The molecule has 1 aromatic carbocycles. The summed E-state index contributed by atoms with van der Waals surface area (Å²) < 4.78 is 0. The molecule has 1 fully saturated rings. The van der Waals surface area contributed by atoms with Gasteiger partial charge in [-0.1, -0.05) is 18.7 Å². The summed E-state index contributed by atoms with van der Waals surface area (Å²) in [6.45, 7) is 4.06. The highest BCUT2D eigenvalue weighted by Gasteiger charge is 2.60. The number of aliphatic hydroxyl groups is 3. The molecule has 10 nitrogen and oxygen atoms in total. The van der Waals surface area contributed by atoms with E-state index in [1.54, 1.807) is 44.4 Å². The Hall–Kier alpha value is -4.28. The first-order chi connectivity index (χ1) is 17.5. The monoisotopic (exact) mass is 503 g/mol. The van der Waals surface area contributed by atoms with E-state index in [4.69, 9.17) is 5.73 Å². The Morgan fingerprint density at radius 1 is 1.03 bits per heavy atom. The molecule has 10 heteroatoms. The van der Waals surface area contributed by atoms with Crippen molar-refractivity contribution in [3.8, 4) is 17.0 Å². The molecule has 0 bridgehead atoms. The zero-order valence-electron chi connectivity index (χ0n) is 20.0. The van der Waals surface area contributed by atoms with E-state index in [0.717, 1.165) is 0 Å². The van der Waals surface area contributed by atoms with E-state index in [9.17, 15) is 34.8 Å². The number of aliphatic hydroxyl groups excluding tert-OH is 3. The second-order valence-electron chi connectivity index (χ2n) is 9.67. The third-order valence-corrected chi connectivity index (χ3v) is 7.54. The van der Waals surface area contributed by atoms with E-state index in [-0.39, 0.29) is 22.5 Å². The zero-order chi connectivity index (χ0) is 26.9. The summed E-state index contributed by atoms with van der Waals surface area (Å²) in [7, 11) is 3.13. The van der Waals surface area contributed by atoms with Crippen molar-refractivity contribution in [3.63, 3.8) is 0 Å². The summed E-state index contributed by atoms with van der Waals surface area (Å²) in [6, 6.07) is 7.22. The van der Waals surface area contributed by atoms with Gasteiger partial charge in [-0.3, -0.25) is 24.3 Å². The summed E-state index contributed by atoms with van der Waals surface area (Å²) in [5, 5.41) is 44.8. The number of benzene rings is 1. The van der Waals surface area contributed by atoms with Gasteiger partial charge in [-0.05, 0) is 43.4 Å². The molecule has 1 unspecified atom stereocenters. The number of amides is 1. The van der Waals surface area contributed by atoms with Gasteiger partial charge < -0.3 is 26.2 Å². The molecule has 0 saturated heterocycles. The Bertz CT molecular complexity index is 1460. The lowest BCUT2D eigenvalue weighted by Crippen LogP contribution is -2.61. The Morgan fingerprint density at radius 2 is 1.70 bits per heavy atom. The minimum absolute atomic E-state index is 0.0701. The smallest absolute Gasteiger partial charge is 0.255 e. The first-order valence-electron chi connectivity index (χ1n) is 11.5. The van der Waals surface area contributed by atoms with Crippen LogP contribution in [0.2, 0.25) is 0 Å². The number of hydrogen-bond donors (Lipinski definition) is 5. The van der Waals surface area contributed by atoms with E-state index >= 15 is 0 Å². The number of phenols is 1. The Kier molecular flexibility index (Phi) is 5.54. The van der Waals surface area contributed by atoms with Crippen LogP contribution in [0, 0.1) is 17.8 Å². The molecular formula is C27H25N3O7. The second kappa shape index (κ2) is 8.39. The van der Waals surface area contributed by atoms with Crippen molar-refractivity contribution in [1.29, 1.82) is 0 Å². The lowest BCUT2D eigenvalue weighted by Gasteiger charge is -2.49. The highest BCUT2D eigenvalue weighted by atomic mass is 16.3. The average molecular weight is 504 g/mol. The van der Waals surface area contributed by atoms with Crippen LogP contribution in [0.1, 0.15) is 11.1 Å². The van der Waals surface area contributed by atoms with Crippen molar-refractivity contribution in [2.24, 2.45) is 23.5 Å². The van der Waals surface area contributed by atoms with Gasteiger partial charge in [-0.2, -0.15) is 0 Å². The number of fused-ring (bicyclic) bond motifs is 3. The average Bonchev–Trinajstić information content (AvgIpc) is 2.84. The number of carbonyl (C=O) groups excluding carboxylic acids is 3. The van der Waals surface area contributed by atoms with Crippen LogP contribution in [0.3, 0.4) is 0 Å². The molecule has 0 radical (unpaired) electrons. The number of primary amides is 1. The summed E-state index contributed by atoms with van der Waals surface area (Å²) in [5.41, 5.74) is 5.57. The minimum Gasteiger partial charge on any atom is -0.510 e. The number of carbonyl (C=O) groups is 3. The summed E-state index contributed by atoms with van der Waals surface area (Å²) in [6.07, 6.45) is 0.0867. The fourth-order valence-corrected chi connectivity index (χ4v) is 5.97. The fourth-order valence-electron chi connectivity index (χ4n) is 5.97. The number of nitrogens with two attached hydrogens (primary N) is 1. The van der Waals surface area contributed by atoms with Crippen molar-refractivity contribution in [2.45, 2.75) is 12.1 Å². The molecular weight excluding hydrogens is 478 g/mol. The number of nitrogens with zero attached hydrogens (tertiary/aromatic N) is 2. The molecule has 1 aromatic heterocycles. The Balaban J connectivity index is 1.74. The highest BCUT2D eigenvalue weighted by Crippen LogP contribution is 2.54. The summed E-state index contributed by atoms with van der Waals surface area (Å²) in [5.74, 6) is -8.50. The lowest BCUT2D eigenvalue weighted by atomic mass is 9.57. The van der Waals surface area contributed by atoms with Gasteiger partial charge in [0, 0.05) is 29.2 Å². The zero-order valence-corrected chi connectivity index (χ0v) is 20.0. The molecule has 5 rings (SSSR count). The molecule has 1 saturated carbocycles. The summed E-state index contributed by atoms with van der Waals surface area (Å²) >= 11 is 0. The number of likely N-dealkylation sites (N-methyl/N-ethyl adjacent to an activating group) is 1. The molecule has 1 heterocycles. The quantitative estimate of drug-likeness (QED) is 0.306. The van der Waals surface area contributed by atoms with E-state index in [1.807, 2.05) is 0 Å². The van der Waals surface area contributed by atoms with Crippen LogP contribution in [0.15, 0.2) is 60.0 Å². The third kappa shape index (κ3) is 3.26. The van der Waals surface area contributed by atoms with Crippen molar-refractivity contribution in [2.75, 3.05) is 14.1 Å². The number of rotatable bonds is 3. The lowest BCUT2D eigenvalue weighted by molar-refractivity contribution is -0.142. The number of aromatic nitrogens is 1. The standard InChI is InChI=1S/C27H25N3O7/c1-10-11-7-8-12(13-6-4-5-9-29-13)21(31)15(11)23(33)17-14(10)22(32)16-18(24(17)34)25(35)19(27(28)37)26(36)20(16)30(2)3/h4-9,14,16,18,20,22,31-33,36H,1H2,2-3H3,(H2,28,37)/t14-,16-,18?,20+,22+/m1/s1. The Labute approximate surface area is 211 Å². The Morgan fingerprint density at radius 3 is 2.30 bits per heavy atom. The van der Waals surface area contributed by atoms with Crippen molar-refractivity contribution in [3.05, 3.63) is 71.1 Å². The molecule has 37 heavy (non-hydrogen) atoms. The van der Waals surface area contributed by atoms with Crippen LogP contribution in [0.4, 0.5) is 0 Å².